The van der Waals surface area contributed by atoms with Crippen molar-refractivity contribution >= 4 is 17.7 Å². The molecule has 2 aliphatic rings. The van der Waals surface area contributed by atoms with Gasteiger partial charge < -0.3 is 10.1 Å². The van der Waals surface area contributed by atoms with Crippen molar-refractivity contribution in [3.63, 3.8) is 0 Å². The van der Waals surface area contributed by atoms with E-state index < -0.39 is 11.5 Å². The van der Waals surface area contributed by atoms with Gasteiger partial charge in [0, 0.05) is 12.2 Å². The molecule has 88 valence electrons. The summed E-state index contributed by atoms with van der Waals surface area (Å²) in [6.45, 7) is 0.946. The highest BCUT2D eigenvalue weighted by atomic mass is 16.5. The number of carbonyl (C=O) groups is 2. The number of nitrogens with zero attached hydrogens (tertiary/aromatic N) is 1. The SMILES string of the molecule is COC(=O)N1CC2(CNc3ccccc32)C1=O. The minimum absolute atomic E-state index is 0.179. The van der Waals surface area contributed by atoms with Crippen LogP contribution in [0.15, 0.2) is 24.3 Å². The molecule has 0 bridgehead atoms. The number of fused-ring (bicyclic) bond motifs is 2. The van der Waals surface area contributed by atoms with Gasteiger partial charge in [-0.3, -0.25) is 4.79 Å². The van der Waals surface area contributed by atoms with Crippen LogP contribution in [0.25, 0.3) is 0 Å². The molecule has 0 aromatic heterocycles. The lowest BCUT2D eigenvalue weighted by Crippen LogP contribution is -2.66. The van der Waals surface area contributed by atoms with Crippen LogP contribution < -0.4 is 5.32 Å². The Morgan fingerprint density at radius 3 is 2.94 bits per heavy atom. The maximum atomic E-state index is 12.1. The van der Waals surface area contributed by atoms with Gasteiger partial charge in [0.2, 0.25) is 5.91 Å². The highest BCUT2D eigenvalue weighted by Crippen LogP contribution is 2.44. The molecule has 1 aromatic carbocycles. The third-order valence-corrected chi connectivity index (χ3v) is 3.50. The number of hydrogen-bond donors (Lipinski definition) is 1. The number of anilines is 1. The molecule has 0 aliphatic carbocycles. The zero-order valence-corrected chi connectivity index (χ0v) is 9.40. The van der Waals surface area contributed by atoms with Crippen LogP contribution in [0.1, 0.15) is 5.56 Å². The first kappa shape index (κ1) is 10.1. The number of hydrogen-bond acceptors (Lipinski definition) is 4. The monoisotopic (exact) mass is 232 g/mol. The fourth-order valence-corrected chi connectivity index (χ4v) is 2.56. The maximum Gasteiger partial charge on any atom is 0.416 e. The number of likely N-dealkylation sites (tertiary alicyclic amines) is 1. The van der Waals surface area contributed by atoms with E-state index in [1.54, 1.807) is 0 Å². The van der Waals surface area contributed by atoms with Gasteiger partial charge in [-0.15, -0.1) is 0 Å². The average Bonchev–Trinajstić information content (AvgIpc) is 2.76. The lowest BCUT2D eigenvalue weighted by Gasteiger charge is -2.44. The van der Waals surface area contributed by atoms with E-state index in [-0.39, 0.29) is 5.91 Å². The van der Waals surface area contributed by atoms with Gasteiger partial charge in [0.15, 0.2) is 0 Å². The first-order valence-electron chi connectivity index (χ1n) is 5.42. The second-order valence-corrected chi connectivity index (χ2v) is 4.34. The molecule has 1 aromatic rings. The molecule has 17 heavy (non-hydrogen) atoms. The third-order valence-electron chi connectivity index (χ3n) is 3.50. The van der Waals surface area contributed by atoms with E-state index in [0.717, 1.165) is 16.2 Å². The molecule has 0 saturated carbocycles. The number of rotatable bonds is 0. The van der Waals surface area contributed by atoms with E-state index in [2.05, 4.69) is 10.1 Å². The minimum atomic E-state index is -0.579. The summed E-state index contributed by atoms with van der Waals surface area (Å²) in [7, 11) is 1.28. The van der Waals surface area contributed by atoms with E-state index in [1.807, 2.05) is 24.3 Å². The van der Waals surface area contributed by atoms with Crippen molar-refractivity contribution in [1.29, 1.82) is 0 Å². The van der Waals surface area contributed by atoms with Gasteiger partial charge in [0.25, 0.3) is 0 Å². The van der Waals surface area contributed by atoms with E-state index in [4.69, 9.17) is 0 Å². The summed E-state index contributed by atoms with van der Waals surface area (Å²) in [5.74, 6) is -0.179. The number of amides is 2. The molecule has 5 heteroatoms. The van der Waals surface area contributed by atoms with Crippen LogP contribution in [0.2, 0.25) is 0 Å². The fraction of sp³-hybridized carbons (Fsp3) is 0.333. The summed E-state index contributed by atoms with van der Waals surface area (Å²) in [4.78, 5) is 24.6. The van der Waals surface area contributed by atoms with E-state index in [9.17, 15) is 9.59 Å². The Balaban J connectivity index is 1.93. The highest BCUT2D eigenvalue weighted by Gasteiger charge is 2.59. The Hall–Kier alpha value is -2.04. The molecule has 1 atom stereocenters. The predicted octanol–water partition coefficient (Wildman–Crippen LogP) is 0.958. The lowest BCUT2D eigenvalue weighted by molar-refractivity contribution is -0.146. The first-order valence-corrected chi connectivity index (χ1v) is 5.42. The number of para-hydroxylation sites is 1. The summed E-state index contributed by atoms with van der Waals surface area (Å²) in [6.07, 6.45) is -0.579. The molecule has 2 amide bonds. The molecular weight excluding hydrogens is 220 g/mol. The van der Waals surface area contributed by atoms with Gasteiger partial charge in [0.1, 0.15) is 5.41 Å². The maximum absolute atomic E-state index is 12.1. The van der Waals surface area contributed by atoms with Crippen LogP contribution in [0, 0.1) is 0 Å². The number of β-lactam (4-membered cyclic amide) rings is 1. The molecule has 1 unspecified atom stereocenters. The molecule has 5 nitrogen and oxygen atoms in total. The second-order valence-electron chi connectivity index (χ2n) is 4.34. The topological polar surface area (TPSA) is 58.6 Å². The summed E-state index contributed by atoms with van der Waals surface area (Å²) in [5, 5.41) is 3.20. The van der Waals surface area contributed by atoms with Gasteiger partial charge in [-0.1, -0.05) is 18.2 Å². The van der Waals surface area contributed by atoms with E-state index >= 15 is 0 Å². The molecule has 2 heterocycles. The molecular formula is C12H12N2O3. The molecule has 1 N–H and O–H groups in total. The smallest absolute Gasteiger partial charge is 0.416 e. The predicted molar refractivity (Wildman–Crippen MR) is 60.7 cm³/mol. The summed E-state index contributed by atoms with van der Waals surface area (Å²) < 4.78 is 4.56. The van der Waals surface area contributed by atoms with Crippen LogP contribution in [0.4, 0.5) is 10.5 Å². The van der Waals surface area contributed by atoms with Crippen LogP contribution in [-0.2, 0) is 14.9 Å². The van der Waals surface area contributed by atoms with Gasteiger partial charge in [0.05, 0.1) is 13.7 Å². The van der Waals surface area contributed by atoms with Crippen molar-refractivity contribution in [3.8, 4) is 0 Å². The molecule has 1 fully saturated rings. The standard InChI is InChI=1S/C12H12N2O3/c1-17-11(16)14-7-12(10(14)15)6-13-9-5-3-2-4-8(9)12/h2-5,13H,6-7H2,1H3. The molecule has 0 radical (unpaired) electrons. The van der Waals surface area contributed by atoms with Crippen LogP contribution >= 0.6 is 0 Å². The molecule has 3 rings (SSSR count). The van der Waals surface area contributed by atoms with Gasteiger partial charge in [-0.25, -0.2) is 9.69 Å². The molecule has 1 spiro atoms. The number of methoxy groups -OCH3 is 1. The fourth-order valence-electron chi connectivity index (χ4n) is 2.56. The minimum Gasteiger partial charge on any atom is -0.452 e. The van der Waals surface area contributed by atoms with Crippen LogP contribution in [0.5, 0.6) is 0 Å². The third kappa shape index (κ3) is 1.13. The van der Waals surface area contributed by atoms with Crippen molar-refractivity contribution < 1.29 is 14.3 Å². The molecule has 1 saturated heterocycles. The summed E-state index contributed by atoms with van der Waals surface area (Å²) in [6, 6.07) is 7.70. The van der Waals surface area contributed by atoms with Crippen LogP contribution in [-0.4, -0.2) is 37.1 Å². The zero-order valence-electron chi connectivity index (χ0n) is 9.40. The van der Waals surface area contributed by atoms with Crippen LogP contribution in [0.3, 0.4) is 0 Å². The first-order chi connectivity index (χ1) is 8.19. The Labute approximate surface area is 98.4 Å². The van der Waals surface area contributed by atoms with E-state index in [1.165, 1.54) is 7.11 Å². The van der Waals surface area contributed by atoms with Gasteiger partial charge in [-0.2, -0.15) is 0 Å². The van der Waals surface area contributed by atoms with Crippen molar-refractivity contribution in [3.05, 3.63) is 29.8 Å². The lowest BCUT2D eigenvalue weighted by atomic mass is 9.74. The summed E-state index contributed by atoms with van der Waals surface area (Å²) in [5.41, 5.74) is 1.39. The van der Waals surface area contributed by atoms with Crippen molar-refractivity contribution in [2.24, 2.45) is 0 Å². The Morgan fingerprint density at radius 2 is 2.24 bits per heavy atom. The normalized spacial score (nSPS) is 25.2. The van der Waals surface area contributed by atoms with Gasteiger partial charge >= 0.3 is 6.09 Å². The summed E-state index contributed by atoms with van der Waals surface area (Å²) >= 11 is 0. The van der Waals surface area contributed by atoms with Crippen molar-refractivity contribution in [1.82, 2.24) is 4.90 Å². The van der Waals surface area contributed by atoms with Crippen molar-refractivity contribution in [2.75, 3.05) is 25.5 Å². The van der Waals surface area contributed by atoms with E-state index in [0.29, 0.717) is 13.1 Å². The highest BCUT2D eigenvalue weighted by molar-refractivity contribution is 6.06. The van der Waals surface area contributed by atoms with Gasteiger partial charge in [-0.05, 0) is 11.6 Å². The second kappa shape index (κ2) is 3.23. The number of benzene rings is 1. The largest absolute Gasteiger partial charge is 0.452 e. The van der Waals surface area contributed by atoms with Crippen molar-refractivity contribution in [2.45, 2.75) is 5.41 Å². The zero-order chi connectivity index (χ0) is 12.0. The molecule has 2 aliphatic heterocycles. The number of nitrogens with one attached hydrogen (secondary N) is 1. The number of carbonyl (C=O) groups excluding carboxylic acids is 2. The Kier molecular flexibility index (Phi) is 1.92. The average molecular weight is 232 g/mol. The quantitative estimate of drug-likeness (QED) is 0.677. The Morgan fingerprint density at radius 1 is 1.47 bits per heavy atom. The number of ether oxygens (including phenoxy) is 1. The number of imide groups is 1. The Bertz CT molecular complexity index is 514.